The lowest BCUT2D eigenvalue weighted by Crippen LogP contribution is -2.31. The van der Waals surface area contributed by atoms with E-state index in [2.05, 4.69) is 49.4 Å². The highest BCUT2D eigenvalue weighted by Crippen LogP contribution is 2.42. The fourth-order valence-electron chi connectivity index (χ4n) is 3.49. The molecule has 2 aromatic heterocycles. The number of rotatable bonds is 8. The number of halogens is 1. The molecule has 4 rings (SSSR count). The summed E-state index contributed by atoms with van der Waals surface area (Å²) >= 11 is 3.90. The molecule has 2 aromatic rings. The van der Waals surface area contributed by atoms with Crippen LogP contribution in [0.3, 0.4) is 0 Å². The smallest absolute Gasteiger partial charge is 0.213 e. The number of sulfonamides is 1. The van der Waals surface area contributed by atoms with Crippen LogP contribution in [0, 0.1) is 5.92 Å². The normalized spacial score (nSPS) is 21.4. The minimum Gasteiger partial charge on any atom is -0.382 e. The van der Waals surface area contributed by atoms with Gasteiger partial charge in [0.2, 0.25) is 10.0 Å². The van der Waals surface area contributed by atoms with Crippen molar-refractivity contribution in [3.05, 3.63) is 27.0 Å². The predicted molar refractivity (Wildman–Crippen MR) is 130 cm³/mol. The summed E-state index contributed by atoms with van der Waals surface area (Å²) in [5.74, 6) is 0.763. The Kier molecular flexibility index (Phi) is 6.91. The van der Waals surface area contributed by atoms with E-state index in [1.807, 2.05) is 4.57 Å². The fraction of sp³-hybridized carbons (Fsp3) is 0.526. The van der Waals surface area contributed by atoms with Gasteiger partial charge in [-0.3, -0.25) is 0 Å². The molecule has 0 aromatic carbocycles. The highest BCUT2D eigenvalue weighted by Gasteiger charge is 2.30. The van der Waals surface area contributed by atoms with E-state index >= 15 is 0 Å². The molecule has 3 heterocycles. The lowest BCUT2D eigenvalue weighted by Gasteiger charge is -2.20. The lowest BCUT2D eigenvalue weighted by molar-refractivity contribution is 0.134. The number of ether oxygens (including phenoxy) is 1. The van der Waals surface area contributed by atoms with Crippen LogP contribution in [0.5, 0.6) is 0 Å². The third-order valence-corrected chi connectivity index (χ3v) is 9.53. The molecule has 12 heteroatoms. The molecule has 31 heavy (non-hydrogen) atoms. The van der Waals surface area contributed by atoms with Gasteiger partial charge in [-0.25, -0.2) is 28.1 Å². The van der Waals surface area contributed by atoms with Crippen LogP contribution < -0.4 is 10.5 Å². The van der Waals surface area contributed by atoms with Gasteiger partial charge in [-0.2, -0.15) is 0 Å². The number of nitrogen functional groups attached to an aromatic ring is 1. The molecule has 1 fully saturated rings. The Morgan fingerprint density at radius 1 is 1.39 bits per heavy atom. The molecule has 2 atom stereocenters. The van der Waals surface area contributed by atoms with Crippen molar-refractivity contribution in [2.75, 3.05) is 18.9 Å². The molecule has 0 amide bonds. The molecule has 2 aliphatic rings. The summed E-state index contributed by atoms with van der Waals surface area (Å²) in [6.45, 7) is 4.98. The zero-order valence-corrected chi connectivity index (χ0v) is 21.1. The maximum absolute atomic E-state index is 12.0. The molecule has 0 spiro atoms. The van der Waals surface area contributed by atoms with Crippen molar-refractivity contribution < 1.29 is 13.2 Å². The van der Waals surface area contributed by atoms with Gasteiger partial charge in [0, 0.05) is 34.1 Å². The molecule has 9 nitrogen and oxygen atoms in total. The molecule has 1 saturated heterocycles. The predicted octanol–water partition coefficient (Wildman–Crippen LogP) is 2.84. The summed E-state index contributed by atoms with van der Waals surface area (Å²) in [6.07, 6.45) is 7.60. The molecule has 0 radical (unpaired) electrons. The third kappa shape index (κ3) is 4.92. The van der Waals surface area contributed by atoms with E-state index in [0.717, 1.165) is 23.1 Å². The molecule has 1 aliphatic carbocycles. The number of allylic oxidation sites excluding steroid dienone is 1. The van der Waals surface area contributed by atoms with Gasteiger partial charge in [-0.05, 0) is 55.4 Å². The lowest BCUT2D eigenvalue weighted by atomic mass is 9.97. The largest absolute Gasteiger partial charge is 0.382 e. The maximum Gasteiger partial charge on any atom is 0.213 e. The van der Waals surface area contributed by atoms with Crippen LogP contribution in [0.1, 0.15) is 26.7 Å². The fourth-order valence-corrected chi connectivity index (χ4v) is 6.21. The first-order chi connectivity index (χ1) is 14.8. The van der Waals surface area contributed by atoms with Crippen molar-refractivity contribution in [2.24, 2.45) is 5.92 Å². The van der Waals surface area contributed by atoms with Crippen LogP contribution in [-0.4, -0.2) is 52.4 Å². The van der Waals surface area contributed by atoms with Crippen molar-refractivity contribution in [3.63, 3.8) is 0 Å². The number of aryl methyl sites for hydroxylation is 1. The Labute approximate surface area is 199 Å². The van der Waals surface area contributed by atoms with Crippen LogP contribution >= 0.6 is 34.4 Å². The summed E-state index contributed by atoms with van der Waals surface area (Å²) in [6, 6.07) is 0. The molecule has 1 aliphatic heterocycles. The second-order valence-electron chi connectivity index (χ2n) is 7.75. The molecule has 168 valence electrons. The number of hydrogen-bond donors (Lipinski definition) is 2. The first kappa shape index (κ1) is 23.0. The number of anilines is 1. The van der Waals surface area contributed by atoms with Gasteiger partial charge >= 0.3 is 0 Å². The van der Waals surface area contributed by atoms with Gasteiger partial charge in [0.1, 0.15) is 6.33 Å². The van der Waals surface area contributed by atoms with Crippen LogP contribution in [-0.2, 0) is 21.3 Å². The topological polar surface area (TPSA) is 125 Å². The minimum atomic E-state index is -3.29. The third-order valence-electron chi connectivity index (χ3n) is 5.30. The van der Waals surface area contributed by atoms with E-state index < -0.39 is 15.3 Å². The first-order valence-corrected chi connectivity index (χ1v) is 13.5. The number of aromatic nitrogens is 4. The highest BCUT2D eigenvalue weighted by atomic mass is 127. The van der Waals surface area contributed by atoms with E-state index in [1.54, 1.807) is 25.6 Å². The molecular weight excluding hydrogens is 551 g/mol. The Morgan fingerprint density at radius 3 is 2.97 bits per heavy atom. The van der Waals surface area contributed by atoms with Gasteiger partial charge in [0.25, 0.3) is 0 Å². The molecule has 0 bridgehead atoms. The van der Waals surface area contributed by atoms with Gasteiger partial charge < -0.3 is 15.0 Å². The van der Waals surface area contributed by atoms with Crippen LogP contribution in [0.4, 0.5) is 5.82 Å². The summed E-state index contributed by atoms with van der Waals surface area (Å²) in [5.41, 5.74) is 7.24. The zero-order valence-electron chi connectivity index (χ0n) is 17.3. The van der Waals surface area contributed by atoms with Crippen molar-refractivity contribution in [1.29, 1.82) is 0 Å². The van der Waals surface area contributed by atoms with Crippen molar-refractivity contribution in [2.45, 2.75) is 49.7 Å². The number of hydrogen-bond acceptors (Lipinski definition) is 8. The number of thioether (sulfide) groups is 1. The SMILES string of the molecule is CC(C)S(=O)(=O)NCCCn1c(SC2=CC3OCCC3C=C2I)nc2c(N)ncnc21. The number of nitrogens with one attached hydrogen (secondary N) is 1. The molecule has 3 N–H and O–H groups in total. The number of imidazole rings is 1. The average Bonchev–Trinajstić information content (AvgIpc) is 3.30. The number of fused-ring (bicyclic) bond motifs is 2. The second kappa shape index (κ2) is 9.33. The summed E-state index contributed by atoms with van der Waals surface area (Å²) in [5, 5.41) is 0.285. The standard InChI is InChI=1S/C19H25IN6O3S2/c1-11(2)31(27,28)24-5-3-6-26-18-16(17(21)22-10-23-18)25-19(26)30-15-9-14-12(4-7-29-14)8-13(15)20/h8-12,14,24H,3-7H2,1-2H3,(H2,21,22,23). The Hall–Kier alpha value is -1.22. The highest BCUT2D eigenvalue weighted by molar-refractivity contribution is 14.1. The van der Waals surface area contributed by atoms with E-state index in [4.69, 9.17) is 15.5 Å². The van der Waals surface area contributed by atoms with E-state index in [9.17, 15) is 8.42 Å². The van der Waals surface area contributed by atoms with Crippen LogP contribution in [0.25, 0.3) is 11.2 Å². The van der Waals surface area contributed by atoms with Crippen LogP contribution in [0.15, 0.2) is 32.1 Å². The summed E-state index contributed by atoms with van der Waals surface area (Å²) in [4.78, 5) is 14.2. The van der Waals surface area contributed by atoms with Crippen LogP contribution in [0.2, 0.25) is 0 Å². The van der Waals surface area contributed by atoms with Gasteiger partial charge in [-0.15, -0.1) is 0 Å². The van der Waals surface area contributed by atoms with E-state index in [0.29, 0.717) is 42.4 Å². The molecule has 2 unspecified atom stereocenters. The molecule has 0 saturated carbocycles. The number of nitrogens with zero attached hydrogens (tertiary/aromatic N) is 4. The van der Waals surface area contributed by atoms with Gasteiger partial charge in [-0.1, -0.05) is 17.8 Å². The summed E-state index contributed by atoms with van der Waals surface area (Å²) < 4.78 is 35.7. The Balaban J connectivity index is 1.57. The van der Waals surface area contributed by atoms with E-state index in [-0.39, 0.29) is 6.10 Å². The second-order valence-corrected chi connectivity index (χ2v) is 12.2. The maximum atomic E-state index is 12.0. The van der Waals surface area contributed by atoms with Crippen molar-refractivity contribution in [1.82, 2.24) is 24.2 Å². The van der Waals surface area contributed by atoms with Gasteiger partial charge in [0.15, 0.2) is 22.1 Å². The quantitative estimate of drug-likeness (QED) is 0.363. The molecular formula is C19H25IN6O3S2. The zero-order chi connectivity index (χ0) is 22.2. The number of nitrogens with two attached hydrogens (primary N) is 1. The average molecular weight is 576 g/mol. The first-order valence-electron chi connectivity index (χ1n) is 10.1. The Bertz CT molecular complexity index is 1140. The Morgan fingerprint density at radius 2 is 2.19 bits per heavy atom. The van der Waals surface area contributed by atoms with Gasteiger partial charge in [0.05, 0.1) is 11.4 Å². The minimum absolute atomic E-state index is 0.106. The van der Waals surface area contributed by atoms with Crippen molar-refractivity contribution in [3.8, 4) is 0 Å². The van der Waals surface area contributed by atoms with Crippen molar-refractivity contribution >= 4 is 61.4 Å². The van der Waals surface area contributed by atoms with E-state index in [1.165, 1.54) is 9.91 Å². The summed E-state index contributed by atoms with van der Waals surface area (Å²) in [7, 11) is -3.29. The monoisotopic (exact) mass is 576 g/mol.